The first-order valence-electron chi connectivity index (χ1n) is 13.0. The van der Waals surface area contributed by atoms with Crippen LogP contribution in [0.1, 0.15) is 31.2 Å². The van der Waals surface area contributed by atoms with Crippen molar-refractivity contribution < 1.29 is 4.79 Å². The summed E-state index contributed by atoms with van der Waals surface area (Å²) in [5, 5.41) is 18.0. The van der Waals surface area contributed by atoms with Gasteiger partial charge in [0.15, 0.2) is 5.96 Å². The molecule has 188 valence electrons. The Morgan fingerprint density at radius 2 is 1.50 bits per heavy atom. The standard InChI is InChI=1S/C30H37N5O/c31-30(33-27-15-13-26(14-16-27)25-11-5-2-6-12-25)34-28(23-24-9-3-1-4-10-24)17-18-29(36)32-19-22-35-20-7-8-21-35/h1-6,9-16,28H,7-8,17-23H2,(H,32,36)(H3,31,33,34)/t28-/m0/s1. The van der Waals surface area contributed by atoms with Crippen LogP contribution in [0, 0.1) is 5.41 Å². The first kappa shape index (κ1) is 25.5. The molecule has 0 bridgehead atoms. The molecule has 0 unspecified atom stereocenters. The second kappa shape index (κ2) is 13.4. The minimum atomic E-state index is -0.0275. The average Bonchev–Trinajstić information content (AvgIpc) is 3.42. The molecular weight excluding hydrogens is 446 g/mol. The van der Waals surface area contributed by atoms with Crippen molar-refractivity contribution in [3.8, 4) is 11.1 Å². The van der Waals surface area contributed by atoms with Crippen molar-refractivity contribution in [2.24, 2.45) is 0 Å². The van der Waals surface area contributed by atoms with E-state index in [1.807, 2.05) is 48.5 Å². The van der Waals surface area contributed by atoms with E-state index in [0.717, 1.165) is 37.3 Å². The van der Waals surface area contributed by atoms with Crippen LogP contribution in [0.3, 0.4) is 0 Å². The molecule has 0 aromatic heterocycles. The molecule has 6 heteroatoms. The molecular formula is C30H37N5O. The molecule has 1 aliphatic rings. The Morgan fingerprint density at radius 3 is 2.19 bits per heavy atom. The summed E-state index contributed by atoms with van der Waals surface area (Å²) in [7, 11) is 0. The number of carbonyl (C=O) groups excluding carboxylic acids is 1. The van der Waals surface area contributed by atoms with Crippen LogP contribution in [0.4, 0.5) is 5.69 Å². The summed E-state index contributed by atoms with van der Waals surface area (Å²) in [6.07, 6.45) is 4.36. The second-order valence-corrected chi connectivity index (χ2v) is 9.41. The molecule has 1 heterocycles. The van der Waals surface area contributed by atoms with Crippen molar-refractivity contribution in [1.82, 2.24) is 15.5 Å². The van der Waals surface area contributed by atoms with E-state index in [1.54, 1.807) is 0 Å². The Bertz CT molecular complexity index is 1080. The highest BCUT2D eigenvalue weighted by Gasteiger charge is 2.15. The number of guanidine groups is 1. The summed E-state index contributed by atoms with van der Waals surface area (Å²) in [6.45, 7) is 3.91. The second-order valence-electron chi connectivity index (χ2n) is 9.41. The van der Waals surface area contributed by atoms with Crippen LogP contribution in [-0.4, -0.2) is 49.0 Å². The first-order valence-corrected chi connectivity index (χ1v) is 13.0. The molecule has 4 rings (SSSR count). The topological polar surface area (TPSA) is 80.2 Å². The number of anilines is 1. The summed E-state index contributed by atoms with van der Waals surface area (Å²) in [5.41, 5.74) is 4.34. The lowest BCUT2D eigenvalue weighted by molar-refractivity contribution is -0.121. The number of benzene rings is 3. The monoisotopic (exact) mass is 483 g/mol. The van der Waals surface area contributed by atoms with E-state index in [1.165, 1.54) is 24.0 Å². The number of hydrogen-bond acceptors (Lipinski definition) is 3. The maximum absolute atomic E-state index is 12.5. The summed E-state index contributed by atoms with van der Waals surface area (Å²) in [6, 6.07) is 28.5. The number of rotatable bonds is 11. The minimum absolute atomic E-state index is 0.0275. The van der Waals surface area contributed by atoms with E-state index in [0.29, 0.717) is 19.4 Å². The molecule has 1 fully saturated rings. The molecule has 0 spiro atoms. The molecule has 0 aliphatic carbocycles. The van der Waals surface area contributed by atoms with E-state index < -0.39 is 0 Å². The third kappa shape index (κ3) is 8.24. The Kier molecular flexibility index (Phi) is 9.51. The van der Waals surface area contributed by atoms with E-state index in [9.17, 15) is 4.79 Å². The fraction of sp³-hybridized carbons (Fsp3) is 0.333. The van der Waals surface area contributed by atoms with Crippen molar-refractivity contribution in [2.45, 2.75) is 38.1 Å². The minimum Gasteiger partial charge on any atom is -0.355 e. The number of amides is 1. The molecule has 4 N–H and O–H groups in total. The lowest BCUT2D eigenvalue weighted by Gasteiger charge is -2.21. The van der Waals surface area contributed by atoms with Gasteiger partial charge in [-0.25, -0.2) is 0 Å². The van der Waals surface area contributed by atoms with Crippen molar-refractivity contribution >= 4 is 17.6 Å². The van der Waals surface area contributed by atoms with Gasteiger partial charge in [0.05, 0.1) is 0 Å². The lowest BCUT2D eigenvalue weighted by Crippen LogP contribution is -2.41. The van der Waals surface area contributed by atoms with Gasteiger partial charge < -0.3 is 20.9 Å². The molecule has 6 nitrogen and oxygen atoms in total. The van der Waals surface area contributed by atoms with Crippen molar-refractivity contribution in [2.75, 3.05) is 31.5 Å². The highest BCUT2D eigenvalue weighted by Crippen LogP contribution is 2.21. The predicted molar refractivity (Wildman–Crippen MR) is 148 cm³/mol. The Labute approximate surface area is 214 Å². The molecule has 36 heavy (non-hydrogen) atoms. The lowest BCUT2D eigenvalue weighted by atomic mass is 10.0. The van der Waals surface area contributed by atoms with Crippen molar-refractivity contribution in [3.05, 3.63) is 90.5 Å². The fourth-order valence-corrected chi connectivity index (χ4v) is 4.64. The van der Waals surface area contributed by atoms with Gasteiger partial charge in [-0.2, -0.15) is 0 Å². The molecule has 3 aromatic carbocycles. The molecule has 0 saturated carbocycles. The van der Waals surface area contributed by atoms with Gasteiger partial charge in [-0.1, -0.05) is 72.8 Å². The Morgan fingerprint density at radius 1 is 0.861 bits per heavy atom. The third-order valence-corrected chi connectivity index (χ3v) is 6.60. The van der Waals surface area contributed by atoms with Gasteiger partial charge >= 0.3 is 0 Å². The van der Waals surface area contributed by atoms with Crippen LogP contribution in [0.15, 0.2) is 84.9 Å². The van der Waals surface area contributed by atoms with E-state index in [-0.39, 0.29) is 17.9 Å². The Hall–Kier alpha value is -3.64. The number of nitrogens with zero attached hydrogens (tertiary/aromatic N) is 1. The van der Waals surface area contributed by atoms with Crippen molar-refractivity contribution in [1.29, 1.82) is 5.41 Å². The summed E-state index contributed by atoms with van der Waals surface area (Å²) < 4.78 is 0. The molecule has 1 atom stereocenters. The third-order valence-electron chi connectivity index (χ3n) is 6.60. The summed E-state index contributed by atoms with van der Waals surface area (Å²) >= 11 is 0. The zero-order valence-electron chi connectivity index (χ0n) is 20.9. The van der Waals surface area contributed by atoms with E-state index in [4.69, 9.17) is 5.41 Å². The zero-order chi connectivity index (χ0) is 25.0. The SMILES string of the molecule is N=C(Nc1ccc(-c2ccccc2)cc1)N[C@@H](CCC(=O)NCCN1CCCC1)Cc1ccccc1. The van der Waals surface area contributed by atoms with Gasteiger partial charge in [-0.3, -0.25) is 10.2 Å². The first-order chi connectivity index (χ1) is 17.7. The molecule has 1 amide bonds. The van der Waals surface area contributed by atoms with Crippen LogP contribution in [0.25, 0.3) is 11.1 Å². The van der Waals surface area contributed by atoms with E-state index >= 15 is 0 Å². The summed E-state index contributed by atoms with van der Waals surface area (Å²) in [5.74, 6) is 0.308. The normalized spacial score (nSPS) is 14.2. The van der Waals surface area contributed by atoms with Crippen LogP contribution in [-0.2, 0) is 11.2 Å². The number of carbonyl (C=O) groups is 1. The quantitative estimate of drug-likeness (QED) is 0.231. The van der Waals surface area contributed by atoms with Gasteiger partial charge in [0.1, 0.15) is 0 Å². The predicted octanol–water partition coefficient (Wildman–Crippen LogP) is 4.89. The molecule has 3 aromatic rings. The zero-order valence-corrected chi connectivity index (χ0v) is 20.9. The van der Waals surface area contributed by atoms with Gasteiger partial charge in [0.25, 0.3) is 0 Å². The van der Waals surface area contributed by atoms with Gasteiger partial charge in [0, 0.05) is 31.2 Å². The van der Waals surface area contributed by atoms with Gasteiger partial charge in [-0.15, -0.1) is 0 Å². The highest BCUT2D eigenvalue weighted by atomic mass is 16.1. The van der Waals surface area contributed by atoms with Crippen LogP contribution >= 0.6 is 0 Å². The fourth-order valence-electron chi connectivity index (χ4n) is 4.64. The van der Waals surface area contributed by atoms with Gasteiger partial charge in [0.2, 0.25) is 5.91 Å². The van der Waals surface area contributed by atoms with E-state index in [2.05, 4.69) is 57.2 Å². The highest BCUT2D eigenvalue weighted by molar-refractivity contribution is 5.91. The number of nitrogens with one attached hydrogen (secondary N) is 4. The molecule has 1 aliphatic heterocycles. The van der Waals surface area contributed by atoms with Gasteiger partial charge in [-0.05, 0) is 67.6 Å². The smallest absolute Gasteiger partial charge is 0.220 e. The average molecular weight is 484 g/mol. The Balaban J connectivity index is 1.28. The largest absolute Gasteiger partial charge is 0.355 e. The van der Waals surface area contributed by atoms with Crippen LogP contribution in [0.2, 0.25) is 0 Å². The summed E-state index contributed by atoms with van der Waals surface area (Å²) in [4.78, 5) is 14.9. The maximum atomic E-state index is 12.5. The number of likely N-dealkylation sites (tertiary alicyclic amines) is 1. The molecule has 0 radical (unpaired) electrons. The maximum Gasteiger partial charge on any atom is 0.220 e. The molecule has 1 saturated heterocycles. The van der Waals surface area contributed by atoms with Crippen molar-refractivity contribution in [3.63, 3.8) is 0 Å². The van der Waals surface area contributed by atoms with Crippen LogP contribution in [0.5, 0.6) is 0 Å². The van der Waals surface area contributed by atoms with Crippen LogP contribution < -0.4 is 16.0 Å². The number of hydrogen-bond donors (Lipinski definition) is 4.